The van der Waals surface area contributed by atoms with E-state index in [0.717, 1.165) is 49.3 Å². The van der Waals surface area contributed by atoms with Crippen LogP contribution in [0.25, 0.3) is 0 Å². The van der Waals surface area contributed by atoms with Crippen LogP contribution in [0.2, 0.25) is 0 Å². The van der Waals surface area contributed by atoms with Crippen LogP contribution < -0.4 is 4.72 Å². The van der Waals surface area contributed by atoms with E-state index >= 15 is 0 Å². The highest BCUT2D eigenvalue weighted by Gasteiger charge is 2.33. The molecule has 1 aliphatic carbocycles. The SMILES string of the molecule is O=S(O)NCc1cccc(C2CCN(Cc3cn([C@@H]4c5ccccc5C[C@H]4O)nn3)CC2)c1. The van der Waals surface area contributed by atoms with Gasteiger partial charge in [-0.3, -0.25) is 9.45 Å². The van der Waals surface area contributed by atoms with Crippen LogP contribution in [0.4, 0.5) is 0 Å². The summed E-state index contributed by atoms with van der Waals surface area (Å²) < 4.78 is 24.2. The molecule has 0 spiro atoms. The van der Waals surface area contributed by atoms with E-state index in [4.69, 9.17) is 4.55 Å². The summed E-state index contributed by atoms with van der Waals surface area (Å²) in [6.07, 6.45) is 4.27. The minimum Gasteiger partial charge on any atom is -0.390 e. The average molecular weight is 468 g/mol. The molecule has 33 heavy (non-hydrogen) atoms. The van der Waals surface area contributed by atoms with Crippen LogP contribution >= 0.6 is 0 Å². The summed E-state index contributed by atoms with van der Waals surface area (Å²) >= 11 is -2.00. The van der Waals surface area contributed by atoms with Crippen LogP contribution in [0.5, 0.6) is 0 Å². The van der Waals surface area contributed by atoms with E-state index < -0.39 is 17.4 Å². The van der Waals surface area contributed by atoms with E-state index in [1.807, 2.05) is 35.1 Å². The van der Waals surface area contributed by atoms with E-state index in [0.29, 0.717) is 18.9 Å². The lowest BCUT2D eigenvalue weighted by molar-refractivity contribution is 0.137. The van der Waals surface area contributed by atoms with Gasteiger partial charge in [-0.2, -0.15) is 0 Å². The van der Waals surface area contributed by atoms with Crippen molar-refractivity contribution in [3.05, 3.63) is 82.7 Å². The van der Waals surface area contributed by atoms with Crippen LogP contribution in [0.15, 0.2) is 54.7 Å². The van der Waals surface area contributed by atoms with Gasteiger partial charge in [0.05, 0.1) is 18.0 Å². The van der Waals surface area contributed by atoms with E-state index in [1.54, 1.807) is 0 Å². The molecular formula is C24H29N5O3S. The molecule has 1 saturated heterocycles. The third-order valence-corrected chi connectivity index (χ3v) is 7.20. The van der Waals surface area contributed by atoms with E-state index in [2.05, 4.69) is 44.2 Å². The van der Waals surface area contributed by atoms with Crippen molar-refractivity contribution < 1.29 is 13.9 Å². The molecule has 1 unspecified atom stereocenters. The molecule has 2 heterocycles. The largest absolute Gasteiger partial charge is 0.390 e. The van der Waals surface area contributed by atoms with E-state index in [9.17, 15) is 9.32 Å². The van der Waals surface area contributed by atoms with Crippen LogP contribution in [0, 0.1) is 0 Å². The molecule has 0 saturated carbocycles. The Bertz CT molecular complexity index is 1130. The molecule has 0 bridgehead atoms. The summed E-state index contributed by atoms with van der Waals surface area (Å²) in [6, 6.07) is 16.3. The van der Waals surface area contributed by atoms with Crippen molar-refractivity contribution in [1.29, 1.82) is 0 Å². The number of rotatable bonds is 7. The molecular weight excluding hydrogens is 438 g/mol. The minimum absolute atomic E-state index is 0.168. The molecule has 1 aliphatic heterocycles. The Kier molecular flexibility index (Phi) is 6.66. The Morgan fingerprint density at radius 3 is 2.76 bits per heavy atom. The second kappa shape index (κ2) is 9.82. The Hall–Kier alpha value is -2.43. The second-order valence-corrected chi connectivity index (χ2v) is 9.76. The van der Waals surface area contributed by atoms with Gasteiger partial charge in [0.25, 0.3) is 0 Å². The maximum atomic E-state index is 10.9. The summed E-state index contributed by atoms with van der Waals surface area (Å²) in [5.74, 6) is 0.488. The summed E-state index contributed by atoms with van der Waals surface area (Å²) in [4.78, 5) is 2.41. The minimum atomic E-state index is -2.00. The molecule has 174 valence electrons. The van der Waals surface area contributed by atoms with E-state index in [1.165, 1.54) is 11.1 Å². The third kappa shape index (κ3) is 5.07. The predicted molar refractivity (Wildman–Crippen MR) is 126 cm³/mol. The number of aliphatic hydroxyl groups excluding tert-OH is 1. The smallest absolute Gasteiger partial charge is 0.232 e. The number of nitrogens with zero attached hydrogens (tertiary/aromatic N) is 4. The molecule has 2 aliphatic rings. The quantitative estimate of drug-likeness (QED) is 0.461. The maximum Gasteiger partial charge on any atom is 0.232 e. The summed E-state index contributed by atoms with van der Waals surface area (Å²) in [5, 5.41) is 19.3. The molecule has 1 aromatic heterocycles. The van der Waals surface area contributed by atoms with Gasteiger partial charge in [-0.1, -0.05) is 53.7 Å². The van der Waals surface area contributed by atoms with E-state index in [-0.39, 0.29) is 6.04 Å². The van der Waals surface area contributed by atoms with Gasteiger partial charge in [-0.15, -0.1) is 5.10 Å². The number of hydrogen-bond acceptors (Lipinski definition) is 5. The van der Waals surface area contributed by atoms with Gasteiger partial charge in [-0.25, -0.2) is 13.6 Å². The van der Waals surface area contributed by atoms with Crippen molar-refractivity contribution >= 4 is 11.3 Å². The van der Waals surface area contributed by atoms with Crippen molar-refractivity contribution in [2.45, 2.75) is 50.4 Å². The highest BCUT2D eigenvalue weighted by molar-refractivity contribution is 7.77. The molecule has 3 aromatic rings. The number of benzene rings is 2. The number of aromatic nitrogens is 3. The van der Waals surface area contributed by atoms with Gasteiger partial charge in [0.2, 0.25) is 11.3 Å². The maximum absolute atomic E-state index is 10.9. The first kappa shape index (κ1) is 22.4. The number of fused-ring (bicyclic) bond motifs is 1. The van der Waals surface area contributed by atoms with Gasteiger partial charge >= 0.3 is 0 Å². The number of nitrogens with one attached hydrogen (secondary N) is 1. The van der Waals surface area contributed by atoms with Crippen molar-refractivity contribution in [1.82, 2.24) is 24.6 Å². The van der Waals surface area contributed by atoms with Crippen LogP contribution in [-0.2, 0) is 30.8 Å². The number of hydrogen-bond donors (Lipinski definition) is 3. The Labute approximate surface area is 196 Å². The first-order valence-electron chi connectivity index (χ1n) is 11.4. The normalized spacial score (nSPS) is 22.4. The summed E-state index contributed by atoms with van der Waals surface area (Å²) in [5.41, 5.74) is 5.54. The fraction of sp³-hybridized carbons (Fsp3) is 0.417. The zero-order chi connectivity index (χ0) is 22.8. The first-order chi connectivity index (χ1) is 16.1. The Morgan fingerprint density at radius 1 is 1.12 bits per heavy atom. The molecule has 3 atom stereocenters. The standard InChI is InChI=1S/C24H29N5O3S/c30-23-13-20-5-1-2-7-22(20)24(23)29-16-21(26-27-29)15-28-10-8-18(9-11-28)19-6-3-4-17(12-19)14-25-33(31)32/h1-7,12,16,18,23-25,30H,8-11,13-15H2,(H,31,32)/t23-,24-/m1/s1. The third-order valence-electron chi connectivity index (χ3n) is 6.81. The van der Waals surface area contributed by atoms with Gasteiger partial charge in [0.1, 0.15) is 6.04 Å². The second-order valence-electron chi connectivity index (χ2n) is 8.97. The highest BCUT2D eigenvalue weighted by Crippen LogP contribution is 2.34. The van der Waals surface area contributed by atoms with Gasteiger partial charge in [0, 0.05) is 19.5 Å². The molecule has 3 N–H and O–H groups in total. The molecule has 1 fully saturated rings. The van der Waals surface area contributed by atoms with Crippen LogP contribution in [0.3, 0.4) is 0 Å². The van der Waals surface area contributed by atoms with Crippen molar-refractivity contribution in [2.75, 3.05) is 13.1 Å². The van der Waals surface area contributed by atoms with Gasteiger partial charge in [0.15, 0.2) is 0 Å². The lowest BCUT2D eigenvalue weighted by Crippen LogP contribution is -2.32. The Balaban J connectivity index is 1.18. The monoisotopic (exact) mass is 467 g/mol. The van der Waals surface area contributed by atoms with Gasteiger partial charge in [-0.05, 0) is 54.1 Å². The fourth-order valence-electron chi connectivity index (χ4n) is 5.15. The lowest BCUT2D eigenvalue weighted by atomic mass is 9.88. The summed E-state index contributed by atoms with van der Waals surface area (Å²) in [6.45, 7) is 3.10. The number of aliphatic hydroxyl groups is 1. The molecule has 0 radical (unpaired) electrons. The van der Waals surface area contributed by atoms with Gasteiger partial charge < -0.3 is 5.11 Å². The first-order valence-corrected chi connectivity index (χ1v) is 12.5. The molecule has 9 heteroatoms. The topological polar surface area (TPSA) is 104 Å². The lowest BCUT2D eigenvalue weighted by Gasteiger charge is -2.31. The number of likely N-dealkylation sites (tertiary alicyclic amines) is 1. The molecule has 0 amide bonds. The average Bonchev–Trinajstić information content (AvgIpc) is 3.41. The van der Waals surface area contributed by atoms with Crippen molar-refractivity contribution in [2.24, 2.45) is 0 Å². The van der Waals surface area contributed by atoms with Crippen LogP contribution in [0.1, 0.15) is 52.7 Å². The fourth-order valence-corrected chi connectivity index (χ4v) is 5.44. The summed E-state index contributed by atoms with van der Waals surface area (Å²) in [7, 11) is 0. The zero-order valence-corrected chi connectivity index (χ0v) is 19.2. The molecule has 8 nitrogen and oxygen atoms in total. The molecule has 2 aromatic carbocycles. The van der Waals surface area contributed by atoms with Crippen LogP contribution in [-0.4, -0.2) is 53.0 Å². The predicted octanol–water partition coefficient (Wildman–Crippen LogP) is 2.39. The molecule has 5 rings (SSSR count). The van der Waals surface area contributed by atoms with Crippen molar-refractivity contribution in [3.8, 4) is 0 Å². The zero-order valence-electron chi connectivity index (χ0n) is 18.4. The van der Waals surface area contributed by atoms with Crippen molar-refractivity contribution in [3.63, 3.8) is 0 Å². The highest BCUT2D eigenvalue weighted by atomic mass is 32.2. The Morgan fingerprint density at radius 2 is 1.94 bits per heavy atom. The number of piperidine rings is 1.